The molecule has 0 saturated heterocycles. The lowest BCUT2D eigenvalue weighted by Gasteiger charge is -2.01. The molecule has 0 aliphatic rings. The van der Waals surface area contributed by atoms with Crippen molar-refractivity contribution in [2.75, 3.05) is 0 Å². The first kappa shape index (κ1) is 10.5. The molecule has 0 atom stereocenters. The van der Waals surface area contributed by atoms with Crippen LogP contribution in [-0.2, 0) is 6.61 Å². The van der Waals surface area contributed by atoms with Gasteiger partial charge in [-0.25, -0.2) is 4.98 Å². The topological polar surface area (TPSA) is 48.9 Å². The van der Waals surface area contributed by atoms with Crippen molar-refractivity contribution in [1.82, 2.24) is 9.97 Å². The maximum atomic E-state index is 8.87. The number of nitrogens with one attached hydrogen (secondary N) is 1. The van der Waals surface area contributed by atoms with Crippen LogP contribution >= 0.6 is 23.2 Å². The van der Waals surface area contributed by atoms with Crippen molar-refractivity contribution >= 4 is 23.2 Å². The number of benzene rings is 1. The highest BCUT2D eigenvalue weighted by molar-refractivity contribution is 6.35. The number of halogens is 2. The normalized spacial score (nSPS) is 10.6. The molecule has 0 saturated carbocycles. The van der Waals surface area contributed by atoms with E-state index in [4.69, 9.17) is 28.3 Å². The van der Waals surface area contributed by atoms with Crippen molar-refractivity contribution in [2.24, 2.45) is 0 Å². The van der Waals surface area contributed by atoms with Crippen LogP contribution in [0.15, 0.2) is 24.4 Å². The zero-order valence-corrected chi connectivity index (χ0v) is 9.18. The largest absolute Gasteiger partial charge is 0.388 e. The number of aliphatic hydroxyl groups excluding tert-OH is 1. The van der Waals surface area contributed by atoms with Crippen molar-refractivity contribution in [3.05, 3.63) is 40.3 Å². The lowest BCUT2D eigenvalue weighted by molar-refractivity contribution is 0.272. The fourth-order valence-corrected chi connectivity index (χ4v) is 1.68. The molecule has 2 rings (SSSR count). The maximum absolute atomic E-state index is 8.87. The highest BCUT2D eigenvalue weighted by Crippen LogP contribution is 2.29. The number of H-pyrrole nitrogens is 1. The molecule has 0 spiro atoms. The van der Waals surface area contributed by atoms with E-state index in [1.165, 1.54) is 0 Å². The summed E-state index contributed by atoms with van der Waals surface area (Å²) in [6.45, 7) is -0.127. The average molecular weight is 243 g/mol. The number of aromatic amines is 1. The molecule has 5 heteroatoms. The maximum Gasteiger partial charge on any atom is 0.132 e. The van der Waals surface area contributed by atoms with Gasteiger partial charge in [-0.1, -0.05) is 23.2 Å². The third-order valence-electron chi connectivity index (χ3n) is 2.00. The van der Waals surface area contributed by atoms with Crippen LogP contribution in [0.25, 0.3) is 11.3 Å². The predicted octanol–water partition coefficient (Wildman–Crippen LogP) is 2.88. The first-order chi connectivity index (χ1) is 7.20. The molecular weight excluding hydrogens is 235 g/mol. The number of aliphatic hydroxyl groups is 1. The summed E-state index contributed by atoms with van der Waals surface area (Å²) in [4.78, 5) is 6.92. The average Bonchev–Trinajstić information content (AvgIpc) is 2.70. The van der Waals surface area contributed by atoms with E-state index < -0.39 is 0 Å². The Hall–Kier alpha value is -1.03. The van der Waals surface area contributed by atoms with Crippen molar-refractivity contribution < 1.29 is 5.11 Å². The van der Waals surface area contributed by atoms with Gasteiger partial charge in [0, 0.05) is 10.6 Å². The first-order valence-electron chi connectivity index (χ1n) is 4.31. The summed E-state index contributed by atoms with van der Waals surface area (Å²) in [6, 6.07) is 5.19. The zero-order chi connectivity index (χ0) is 10.8. The number of nitrogens with zero attached hydrogens (tertiary/aromatic N) is 1. The highest BCUT2D eigenvalue weighted by atomic mass is 35.5. The minimum Gasteiger partial charge on any atom is -0.388 e. The van der Waals surface area contributed by atoms with Crippen LogP contribution in [0.2, 0.25) is 10.0 Å². The Kier molecular flexibility index (Phi) is 2.95. The number of aromatic nitrogens is 2. The van der Waals surface area contributed by atoms with Crippen molar-refractivity contribution in [3.8, 4) is 11.3 Å². The summed E-state index contributed by atoms with van der Waals surface area (Å²) in [5.41, 5.74) is 1.52. The van der Waals surface area contributed by atoms with Gasteiger partial charge in [-0.15, -0.1) is 0 Å². The van der Waals surface area contributed by atoms with Crippen molar-refractivity contribution in [3.63, 3.8) is 0 Å². The van der Waals surface area contributed by atoms with Crippen LogP contribution in [0, 0.1) is 0 Å². The molecule has 2 N–H and O–H groups in total. The fourth-order valence-electron chi connectivity index (χ4n) is 1.28. The van der Waals surface area contributed by atoms with E-state index in [1.54, 1.807) is 24.4 Å². The second-order valence-electron chi connectivity index (χ2n) is 3.03. The first-order valence-corrected chi connectivity index (χ1v) is 5.06. The Morgan fingerprint density at radius 1 is 1.33 bits per heavy atom. The molecule has 0 fully saturated rings. The van der Waals surface area contributed by atoms with Gasteiger partial charge in [0.1, 0.15) is 12.4 Å². The molecule has 2 aromatic rings. The number of hydrogen-bond acceptors (Lipinski definition) is 2. The lowest BCUT2D eigenvalue weighted by Crippen LogP contribution is -1.85. The monoisotopic (exact) mass is 242 g/mol. The fraction of sp³-hybridized carbons (Fsp3) is 0.100. The quantitative estimate of drug-likeness (QED) is 0.851. The molecule has 15 heavy (non-hydrogen) atoms. The van der Waals surface area contributed by atoms with Crippen molar-refractivity contribution in [1.29, 1.82) is 0 Å². The summed E-state index contributed by atoms with van der Waals surface area (Å²) < 4.78 is 0. The third kappa shape index (κ3) is 2.15. The number of hydrogen-bond donors (Lipinski definition) is 2. The minimum absolute atomic E-state index is 0.127. The van der Waals surface area contributed by atoms with Crippen LogP contribution in [0.5, 0.6) is 0 Å². The van der Waals surface area contributed by atoms with Gasteiger partial charge in [-0.2, -0.15) is 0 Å². The highest BCUT2D eigenvalue weighted by Gasteiger charge is 2.07. The van der Waals surface area contributed by atoms with E-state index in [2.05, 4.69) is 9.97 Å². The molecule has 0 bridgehead atoms. The van der Waals surface area contributed by atoms with Gasteiger partial charge in [0.2, 0.25) is 0 Å². The van der Waals surface area contributed by atoms with Gasteiger partial charge in [0.25, 0.3) is 0 Å². The molecule has 0 unspecified atom stereocenters. The van der Waals surface area contributed by atoms with E-state index in [0.29, 0.717) is 15.9 Å². The molecule has 0 amide bonds. The summed E-state index contributed by atoms with van der Waals surface area (Å²) in [7, 11) is 0. The van der Waals surface area contributed by atoms with E-state index in [0.717, 1.165) is 11.3 Å². The molecule has 1 aromatic heterocycles. The second kappa shape index (κ2) is 4.23. The molecule has 1 heterocycles. The van der Waals surface area contributed by atoms with E-state index >= 15 is 0 Å². The van der Waals surface area contributed by atoms with Gasteiger partial charge in [0.15, 0.2) is 0 Å². The van der Waals surface area contributed by atoms with Crippen LogP contribution in [0.3, 0.4) is 0 Å². The van der Waals surface area contributed by atoms with E-state index in [-0.39, 0.29) is 6.61 Å². The standard InChI is InChI=1S/C10H8Cl2N2O/c11-6-1-2-8(12)7(3-6)9-4-13-10(5-15)14-9/h1-4,15H,5H2,(H,13,14). The van der Waals surface area contributed by atoms with Gasteiger partial charge < -0.3 is 10.1 Å². The second-order valence-corrected chi connectivity index (χ2v) is 3.87. The Balaban J connectivity index is 2.48. The minimum atomic E-state index is -0.127. The molecule has 0 aliphatic carbocycles. The van der Waals surface area contributed by atoms with Crippen LogP contribution < -0.4 is 0 Å². The van der Waals surface area contributed by atoms with Crippen LogP contribution in [-0.4, -0.2) is 15.1 Å². The Labute approximate surface area is 96.7 Å². The number of imidazole rings is 1. The SMILES string of the molecule is OCc1ncc(-c2cc(Cl)ccc2Cl)[nH]1. The predicted molar refractivity (Wildman–Crippen MR) is 60.0 cm³/mol. The third-order valence-corrected chi connectivity index (χ3v) is 2.56. The number of rotatable bonds is 2. The molecule has 78 valence electrons. The Morgan fingerprint density at radius 3 is 2.80 bits per heavy atom. The summed E-state index contributed by atoms with van der Waals surface area (Å²) in [5.74, 6) is 0.501. The Bertz CT molecular complexity index is 482. The van der Waals surface area contributed by atoms with Gasteiger partial charge >= 0.3 is 0 Å². The molecule has 0 radical (unpaired) electrons. The smallest absolute Gasteiger partial charge is 0.132 e. The van der Waals surface area contributed by atoms with Crippen LogP contribution in [0.4, 0.5) is 0 Å². The van der Waals surface area contributed by atoms with Gasteiger partial charge in [0.05, 0.1) is 16.9 Å². The Morgan fingerprint density at radius 2 is 2.13 bits per heavy atom. The lowest BCUT2D eigenvalue weighted by atomic mass is 10.2. The summed E-state index contributed by atoms with van der Waals surface area (Å²) in [5, 5.41) is 10.1. The van der Waals surface area contributed by atoms with E-state index in [1.807, 2.05) is 0 Å². The van der Waals surface area contributed by atoms with Crippen molar-refractivity contribution in [2.45, 2.75) is 6.61 Å². The molecule has 3 nitrogen and oxygen atoms in total. The molecule has 0 aliphatic heterocycles. The summed E-state index contributed by atoms with van der Waals surface area (Å²) >= 11 is 11.9. The van der Waals surface area contributed by atoms with Gasteiger partial charge in [-0.05, 0) is 18.2 Å². The van der Waals surface area contributed by atoms with Crippen LogP contribution in [0.1, 0.15) is 5.82 Å². The summed E-state index contributed by atoms with van der Waals surface area (Å²) in [6.07, 6.45) is 1.61. The molecule has 1 aromatic carbocycles. The van der Waals surface area contributed by atoms with Gasteiger partial charge in [-0.3, -0.25) is 0 Å². The zero-order valence-electron chi connectivity index (χ0n) is 7.67. The molecular formula is C10H8Cl2N2O. The van der Waals surface area contributed by atoms with E-state index in [9.17, 15) is 0 Å².